The minimum absolute atomic E-state index is 0.203. The van der Waals surface area contributed by atoms with Gasteiger partial charge in [0.05, 0.1) is 12.8 Å². The first kappa shape index (κ1) is 30.6. The van der Waals surface area contributed by atoms with E-state index < -0.39 is 47.1 Å². The van der Waals surface area contributed by atoms with Gasteiger partial charge in [0.15, 0.2) is 0 Å². The fraction of sp³-hybridized carbons (Fsp3) is 0.667. The van der Waals surface area contributed by atoms with Gasteiger partial charge in [-0.05, 0) is 41.5 Å². The number of hydrogen-bond acceptors (Lipinski definition) is 8. The van der Waals surface area contributed by atoms with Gasteiger partial charge >= 0.3 is 24.1 Å². The van der Waals surface area contributed by atoms with Crippen LogP contribution in [0.15, 0.2) is 0 Å². The average molecular weight is 464 g/mol. The van der Waals surface area contributed by atoms with Crippen molar-refractivity contribution in [3.05, 3.63) is 0 Å². The Kier molecular flexibility index (Phi) is 13.8. The molecule has 0 rings (SSSR count). The highest BCUT2D eigenvalue weighted by molar-refractivity contribution is 5.83. The number of carbonyl (C=O) groups excluding carboxylic acids is 4. The zero-order chi connectivity index (χ0) is 25.5. The van der Waals surface area contributed by atoms with Crippen LogP contribution >= 0.6 is 0 Å². The molecule has 0 radical (unpaired) electrons. The molecule has 0 atom stereocenters. The van der Waals surface area contributed by atoms with Gasteiger partial charge in [-0.25, -0.2) is 20.4 Å². The lowest BCUT2D eigenvalue weighted by atomic mass is 10.2. The molecule has 32 heavy (non-hydrogen) atoms. The Morgan fingerprint density at radius 1 is 0.562 bits per heavy atom. The van der Waals surface area contributed by atoms with E-state index in [1.165, 1.54) is 0 Å². The highest BCUT2D eigenvalue weighted by atomic mass is 16.6. The van der Waals surface area contributed by atoms with Crippen LogP contribution in [0.25, 0.3) is 0 Å². The maximum Gasteiger partial charge on any atom is 0.426 e. The predicted molar refractivity (Wildman–Crippen MR) is 109 cm³/mol. The van der Waals surface area contributed by atoms with Crippen LogP contribution in [0.3, 0.4) is 0 Å². The van der Waals surface area contributed by atoms with E-state index >= 15 is 0 Å². The molecule has 0 saturated carbocycles. The van der Waals surface area contributed by atoms with Crippen LogP contribution in [0.2, 0.25) is 0 Å². The number of hydrazine groups is 2. The molecule has 14 heteroatoms. The average Bonchev–Trinajstić information content (AvgIpc) is 2.59. The molecule has 0 spiro atoms. The molecule has 14 nitrogen and oxygen atoms in total. The van der Waals surface area contributed by atoms with Crippen molar-refractivity contribution in [1.82, 2.24) is 21.7 Å². The number of rotatable bonds is 6. The van der Waals surface area contributed by atoms with Crippen molar-refractivity contribution in [3.63, 3.8) is 0 Å². The van der Waals surface area contributed by atoms with Gasteiger partial charge in [0.1, 0.15) is 11.2 Å². The molecule has 0 bridgehead atoms. The van der Waals surface area contributed by atoms with Gasteiger partial charge in [0.2, 0.25) is 11.8 Å². The first-order valence-electron chi connectivity index (χ1n) is 9.40. The van der Waals surface area contributed by atoms with Crippen molar-refractivity contribution in [2.75, 3.05) is 0 Å². The lowest BCUT2D eigenvalue weighted by Gasteiger charge is -2.19. The Hall–Kier alpha value is -3.58. The number of carboxylic acids is 2. The molecule has 0 aromatic rings. The Balaban J connectivity index is 0. The van der Waals surface area contributed by atoms with E-state index in [1.54, 1.807) is 41.5 Å². The van der Waals surface area contributed by atoms with Crippen LogP contribution in [0.5, 0.6) is 0 Å². The lowest BCUT2D eigenvalue weighted by molar-refractivity contribution is -0.139. The van der Waals surface area contributed by atoms with Crippen LogP contribution in [-0.2, 0) is 28.7 Å². The zero-order valence-electron chi connectivity index (χ0n) is 19.0. The van der Waals surface area contributed by atoms with E-state index in [4.69, 9.17) is 19.7 Å². The SMILES string of the molecule is CC(C)(C)OC(=O)NNC(=O)CCC(=O)O.CC(C)(C)OC(=O)NNC(=O)CCC(=O)O. The number of carbonyl (C=O) groups is 6. The summed E-state index contributed by atoms with van der Waals surface area (Å²) in [4.78, 5) is 64.3. The largest absolute Gasteiger partial charge is 0.481 e. The van der Waals surface area contributed by atoms with E-state index in [9.17, 15) is 28.8 Å². The van der Waals surface area contributed by atoms with E-state index in [-0.39, 0.29) is 25.7 Å². The fourth-order valence-corrected chi connectivity index (χ4v) is 1.41. The van der Waals surface area contributed by atoms with Gasteiger partial charge in [0.25, 0.3) is 0 Å². The molecule has 0 aliphatic rings. The highest BCUT2D eigenvalue weighted by Gasteiger charge is 2.17. The second-order valence-corrected chi connectivity index (χ2v) is 8.14. The Morgan fingerprint density at radius 3 is 1.06 bits per heavy atom. The highest BCUT2D eigenvalue weighted by Crippen LogP contribution is 2.06. The number of carboxylic acid groups (broad SMARTS) is 2. The third-order valence-corrected chi connectivity index (χ3v) is 2.54. The molecule has 0 saturated heterocycles. The molecular formula is C18H32N4O10. The Labute approximate surface area is 185 Å². The van der Waals surface area contributed by atoms with Gasteiger partial charge in [-0.3, -0.25) is 30.0 Å². The van der Waals surface area contributed by atoms with Gasteiger partial charge in [-0.2, -0.15) is 0 Å². The summed E-state index contributed by atoms with van der Waals surface area (Å²) >= 11 is 0. The fourth-order valence-electron chi connectivity index (χ4n) is 1.41. The van der Waals surface area contributed by atoms with Crippen molar-refractivity contribution in [2.45, 2.75) is 78.4 Å². The monoisotopic (exact) mass is 464 g/mol. The summed E-state index contributed by atoms with van der Waals surface area (Å²) < 4.78 is 9.67. The third-order valence-electron chi connectivity index (χ3n) is 2.54. The van der Waals surface area contributed by atoms with Crippen LogP contribution in [0, 0.1) is 0 Å². The number of nitrogens with one attached hydrogen (secondary N) is 4. The van der Waals surface area contributed by atoms with E-state index in [0.717, 1.165) is 0 Å². The van der Waals surface area contributed by atoms with Gasteiger partial charge in [0, 0.05) is 12.8 Å². The summed E-state index contributed by atoms with van der Waals surface area (Å²) in [5, 5.41) is 16.6. The smallest absolute Gasteiger partial charge is 0.426 e. The number of hydrogen-bond donors (Lipinski definition) is 6. The molecule has 0 unspecified atom stereocenters. The maximum atomic E-state index is 11.0. The van der Waals surface area contributed by atoms with E-state index in [2.05, 4.69) is 0 Å². The van der Waals surface area contributed by atoms with Gasteiger partial charge < -0.3 is 19.7 Å². The van der Waals surface area contributed by atoms with Crippen molar-refractivity contribution >= 4 is 35.9 Å². The quantitative estimate of drug-likeness (QED) is 0.305. The molecule has 184 valence electrons. The second-order valence-electron chi connectivity index (χ2n) is 8.14. The Bertz CT molecular complexity index is 622. The summed E-state index contributed by atoms with van der Waals surface area (Å²) in [7, 11) is 0. The molecule has 0 aromatic heterocycles. The summed E-state index contributed by atoms with van der Waals surface area (Å²) in [6.07, 6.45) is -2.58. The number of amides is 4. The predicted octanol–water partition coefficient (Wildman–Crippen LogP) is 0.814. The first-order chi connectivity index (χ1) is 14.4. The van der Waals surface area contributed by atoms with Crippen LogP contribution in [0.1, 0.15) is 67.2 Å². The van der Waals surface area contributed by atoms with Crippen LogP contribution in [0.4, 0.5) is 9.59 Å². The second kappa shape index (κ2) is 14.4. The molecular weight excluding hydrogens is 432 g/mol. The van der Waals surface area contributed by atoms with Crippen LogP contribution in [-0.4, -0.2) is 57.4 Å². The van der Waals surface area contributed by atoms with Crippen molar-refractivity contribution in [3.8, 4) is 0 Å². The summed E-state index contributed by atoms with van der Waals surface area (Å²) in [5.41, 5.74) is 6.77. The molecule has 0 aliphatic carbocycles. The number of aliphatic carboxylic acids is 2. The maximum absolute atomic E-state index is 11.0. The number of ether oxygens (including phenoxy) is 2. The molecule has 0 aromatic carbocycles. The Morgan fingerprint density at radius 2 is 0.844 bits per heavy atom. The molecule has 0 fully saturated rings. The van der Waals surface area contributed by atoms with E-state index in [1.807, 2.05) is 21.7 Å². The summed E-state index contributed by atoms with van der Waals surface area (Å²) in [6, 6.07) is 0. The molecule has 4 amide bonds. The van der Waals surface area contributed by atoms with Crippen LogP contribution < -0.4 is 21.7 Å². The van der Waals surface area contributed by atoms with Crippen molar-refractivity contribution in [1.29, 1.82) is 0 Å². The van der Waals surface area contributed by atoms with Crippen molar-refractivity contribution < 1.29 is 48.5 Å². The van der Waals surface area contributed by atoms with Gasteiger partial charge in [-0.1, -0.05) is 0 Å². The molecule has 0 heterocycles. The van der Waals surface area contributed by atoms with E-state index in [0.29, 0.717) is 0 Å². The summed E-state index contributed by atoms with van der Waals surface area (Å²) in [5.74, 6) is -3.33. The minimum Gasteiger partial charge on any atom is -0.481 e. The zero-order valence-corrected chi connectivity index (χ0v) is 19.0. The molecule has 0 aliphatic heterocycles. The first-order valence-corrected chi connectivity index (χ1v) is 9.40. The topological polar surface area (TPSA) is 209 Å². The summed E-state index contributed by atoms with van der Waals surface area (Å²) in [6.45, 7) is 10.1. The lowest BCUT2D eigenvalue weighted by Crippen LogP contribution is -2.44. The van der Waals surface area contributed by atoms with Gasteiger partial charge in [-0.15, -0.1) is 0 Å². The molecule has 6 N–H and O–H groups in total. The standard InChI is InChI=1S/2C9H16N2O5/c2*1-9(2,3)16-8(15)11-10-6(12)4-5-7(13)14/h2*4-5H2,1-3H3,(H,10,12)(H,11,15)(H,13,14). The third kappa shape index (κ3) is 24.5. The van der Waals surface area contributed by atoms with Crippen molar-refractivity contribution in [2.24, 2.45) is 0 Å². The minimum atomic E-state index is -1.08. The normalized spacial score (nSPS) is 10.4.